The smallest absolute Gasteiger partial charge is 0.341 e. The van der Waals surface area contributed by atoms with Gasteiger partial charge in [-0.3, -0.25) is 14.9 Å². The summed E-state index contributed by atoms with van der Waals surface area (Å²) in [5.74, 6) is -1.18. The molecule has 0 spiro atoms. The van der Waals surface area contributed by atoms with Crippen molar-refractivity contribution in [3.8, 4) is 5.75 Å². The van der Waals surface area contributed by atoms with Gasteiger partial charge in [-0.2, -0.15) is 5.10 Å². The number of carbonyl (C=O) groups is 2. The molecule has 0 heterocycles. The Labute approximate surface area is 141 Å². The molecule has 0 atom stereocenters. The molecule has 2 aromatic carbocycles. The first-order chi connectivity index (χ1) is 12.0. The summed E-state index contributed by atoms with van der Waals surface area (Å²) in [5.41, 5.74) is 3.09. The molecule has 0 aromatic heterocycles. The quantitative estimate of drug-likeness (QED) is 0.448. The Morgan fingerprint density at radius 1 is 1.16 bits per heavy atom. The number of carbonyl (C=O) groups excluding carboxylic acids is 1. The number of nitrogens with one attached hydrogen (secondary N) is 1. The van der Waals surface area contributed by atoms with E-state index in [9.17, 15) is 19.7 Å². The van der Waals surface area contributed by atoms with Gasteiger partial charge in [0.05, 0.1) is 11.1 Å². The number of hydrogen-bond donors (Lipinski definition) is 2. The molecule has 9 nitrogen and oxygen atoms in total. The number of ether oxygens (including phenoxy) is 1. The summed E-state index contributed by atoms with van der Waals surface area (Å²) in [6.07, 6.45) is 1.39. The van der Waals surface area contributed by atoms with Crippen molar-refractivity contribution in [1.82, 2.24) is 5.43 Å². The number of hydrogen-bond acceptors (Lipinski definition) is 6. The van der Waals surface area contributed by atoms with Crippen LogP contribution in [0.25, 0.3) is 0 Å². The van der Waals surface area contributed by atoms with Gasteiger partial charge in [-0.15, -0.1) is 0 Å². The van der Waals surface area contributed by atoms with Crippen LogP contribution in [0.3, 0.4) is 0 Å². The first-order valence-electron chi connectivity index (χ1n) is 6.98. The fourth-order valence-corrected chi connectivity index (χ4v) is 1.76. The fourth-order valence-electron chi connectivity index (χ4n) is 1.76. The van der Waals surface area contributed by atoms with Crippen LogP contribution in [0.4, 0.5) is 5.69 Å². The number of rotatable bonds is 7. The minimum absolute atomic E-state index is 0.106. The zero-order chi connectivity index (χ0) is 18.2. The summed E-state index contributed by atoms with van der Waals surface area (Å²) in [6.45, 7) is -0.432. The van der Waals surface area contributed by atoms with Gasteiger partial charge in [0.1, 0.15) is 5.75 Å². The van der Waals surface area contributed by atoms with Gasteiger partial charge in [0, 0.05) is 17.7 Å². The average molecular weight is 343 g/mol. The fraction of sp³-hybridized carbons (Fsp3) is 0.0625. The molecule has 0 fully saturated rings. The largest absolute Gasteiger partial charge is 0.482 e. The van der Waals surface area contributed by atoms with E-state index in [0.29, 0.717) is 11.3 Å². The van der Waals surface area contributed by atoms with Crippen molar-refractivity contribution >= 4 is 23.8 Å². The molecule has 2 aromatic rings. The van der Waals surface area contributed by atoms with Crippen LogP contribution >= 0.6 is 0 Å². The lowest BCUT2D eigenvalue weighted by Gasteiger charge is -2.03. The molecule has 0 radical (unpaired) electrons. The average Bonchev–Trinajstić information content (AvgIpc) is 2.61. The van der Waals surface area contributed by atoms with Crippen LogP contribution in [0.15, 0.2) is 53.6 Å². The lowest BCUT2D eigenvalue weighted by atomic mass is 10.2. The lowest BCUT2D eigenvalue weighted by Crippen LogP contribution is -2.17. The van der Waals surface area contributed by atoms with Crippen molar-refractivity contribution < 1.29 is 24.4 Å². The summed E-state index contributed by atoms with van der Waals surface area (Å²) in [4.78, 5) is 32.2. The molecule has 9 heteroatoms. The Bertz CT molecular complexity index is 800. The zero-order valence-electron chi connectivity index (χ0n) is 12.8. The molecule has 1 amide bonds. The van der Waals surface area contributed by atoms with Gasteiger partial charge in [0.15, 0.2) is 6.61 Å². The molecule has 2 N–H and O–H groups in total. The molecular weight excluding hydrogens is 330 g/mol. The normalized spacial score (nSPS) is 10.4. The Kier molecular flexibility index (Phi) is 5.77. The van der Waals surface area contributed by atoms with Crippen molar-refractivity contribution in [1.29, 1.82) is 0 Å². The standard InChI is InChI=1S/C16H13N3O6/c20-15(21)10-25-14-7-1-11(2-8-14)9-17-18-16(22)12-3-5-13(6-4-12)19(23)24/h1-9H,10H2,(H,18,22)(H,20,21). The van der Waals surface area contributed by atoms with E-state index >= 15 is 0 Å². The Balaban J connectivity index is 1.90. The number of aliphatic carboxylic acids is 1. The highest BCUT2D eigenvalue weighted by Crippen LogP contribution is 2.12. The predicted molar refractivity (Wildman–Crippen MR) is 87.7 cm³/mol. The van der Waals surface area contributed by atoms with E-state index in [-0.39, 0.29) is 11.3 Å². The SMILES string of the molecule is O=C(O)COc1ccc(C=NNC(=O)c2ccc([N+](=O)[O-])cc2)cc1. The van der Waals surface area contributed by atoms with E-state index in [2.05, 4.69) is 10.5 Å². The maximum atomic E-state index is 11.8. The third kappa shape index (κ3) is 5.43. The Morgan fingerprint density at radius 2 is 1.80 bits per heavy atom. The third-order valence-corrected chi connectivity index (χ3v) is 2.96. The Hall–Kier alpha value is -3.75. The summed E-state index contributed by atoms with van der Waals surface area (Å²) in [7, 11) is 0. The third-order valence-electron chi connectivity index (χ3n) is 2.96. The first-order valence-corrected chi connectivity index (χ1v) is 6.98. The van der Waals surface area contributed by atoms with Gasteiger partial charge in [-0.1, -0.05) is 0 Å². The molecule has 2 rings (SSSR count). The minimum atomic E-state index is -1.07. The van der Waals surface area contributed by atoms with Crippen molar-refractivity contribution in [2.75, 3.05) is 6.61 Å². The van der Waals surface area contributed by atoms with Crippen molar-refractivity contribution in [3.63, 3.8) is 0 Å². The molecule has 0 aliphatic heterocycles. The van der Waals surface area contributed by atoms with Crippen LogP contribution in [-0.4, -0.2) is 34.7 Å². The second-order valence-corrected chi connectivity index (χ2v) is 4.75. The van der Waals surface area contributed by atoms with Crippen LogP contribution in [0, 0.1) is 10.1 Å². The van der Waals surface area contributed by atoms with Crippen molar-refractivity contribution in [2.45, 2.75) is 0 Å². The summed E-state index contributed by atoms with van der Waals surface area (Å²) < 4.78 is 4.99. The Morgan fingerprint density at radius 3 is 2.36 bits per heavy atom. The molecule has 0 aliphatic carbocycles. The van der Waals surface area contributed by atoms with E-state index in [1.54, 1.807) is 24.3 Å². The van der Waals surface area contributed by atoms with Gasteiger partial charge >= 0.3 is 5.97 Å². The van der Waals surface area contributed by atoms with Gasteiger partial charge in [0.25, 0.3) is 11.6 Å². The highest BCUT2D eigenvalue weighted by Gasteiger charge is 2.08. The van der Waals surface area contributed by atoms with E-state index in [0.717, 1.165) is 0 Å². The monoisotopic (exact) mass is 343 g/mol. The number of amides is 1. The number of nitro groups is 1. The molecule has 0 unspecified atom stereocenters. The maximum absolute atomic E-state index is 11.8. The van der Waals surface area contributed by atoms with E-state index in [1.165, 1.54) is 30.5 Å². The number of benzene rings is 2. The number of nitro benzene ring substituents is 1. The van der Waals surface area contributed by atoms with Gasteiger partial charge < -0.3 is 9.84 Å². The first kappa shape index (κ1) is 17.6. The summed E-state index contributed by atoms with van der Waals surface area (Å²) in [5, 5.41) is 22.9. The number of carboxylic acids is 1. The predicted octanol–water partition coefficient (Wildman–Crippen LogP) is 1.82. The highest BCUT2D eigenvalue weighted by atomic mass is 16.6. The van der Waals surface area contributed by atoms with Crippen LogP contribution < -0.4 is 10.2 Å². The second kappa shape index (κ2) is 8.20. The van der Waals surface area contributed by atoms with Crippen LogP contribution in [0.1, 0.15) is 15.9 Å². The summed E-state index contributed by atoms with van der Waals surface area (Å²) >= 11 is 0. The second-order valence-electron chi connectivity index (χ2n) is 4.75. The molecule has 0 saturated carbocycles. The topological polar surface area (TPSA) is 131 Å². The van der Waals surface area contributed by atoms with Crippen molar-refractivity contribution in [2.24, 2.45) is 5.10 Å². The zero-order valence-corrected chi connectivity index (χ0v) is 12.8. The molecule has 0 saturated heterocycles. The van der Waals surface area contributed by atoms with Crippen LogP contribution in [0.5, 0.6) is 5.75 Å². The van der Waals surface area contributed by atoms with Crippen LogP contribution in [0.2, 0.25) is 0 Å². The molecule has 0 bridgehead atoms. The van der Waals surface area contributed by atoms with Gasteiger partial charge in [-0.05, 0) is 42.0 Å². The van der Waals surface area contributed by atoms with E-state index in [4.69, 9.17) is 9.84 Å². The van der Waals surface area contributed by atoms with E-state index in [1.807, 2.05) is 0 Å². The lowest BCUT2D eigenvalue weighted by molar-refractivity contribution is -0.384. The molecule has 0 aliphatic rings. The number of nitrogens with zero attached hydrogens (tertiary/aromatic N) is 2. The van der Waals surface area contributed by atoms with E-state index < -0.39 is 23.4 Å². The summed E-state index contributed by atoms with van der Waals surface area (Å²) in [6, 6.07) is 11.5. The van der Waals surface area contributed by atoms with Crippen LogP contribution in [-0.2, 0) is 4.79 Å². The highest BCUT2D eigenvalue weighted by molar-refractivity contribution is 5.95. The number of carboxylic acid groups (broad SMARTS) is 1. The number of non-ortho nitro benzene ring substituents is 1. The number of hydrazone groups is 1. The van der Waals surface area contributed by atoms with Crippen molar-refractivity contribution in [3.05, 3.63) is 69.8 Å². The van der Waals surface area contributed by atoms with Gasteiger partial charge in [-0.25, -0.2) is 10.2 Å². The minimum Gasteiger partial charge on any atom is -0.482 e. The molecular formula is C16H13N3O6. The van der Waals surface area contributed by atoms with Gasteiger partial charge in [0.2, 0.25) is 0 Å². The maximum Gasteiger partial charge on any atom is 0.341 e. The molecule has 128 valence electrons. The molecule has 25 heavy (non-hydrogen) atoms.